The number of rotatable bonds is 5. The molecule has 0 aromatic carbocycles. The van der Waals surface area contributed by atoms with Gasteiger partial charge >= 0.3 is 0 Å². The highest BCUT2D eigenvalue weighted by Gasteiger charge is 2.29. The number of aromatic amines is 1. The lowest BCUT2D eigenvalue weighted by Gasteiger charge is -2.35. The Labute approximate surface area is 154 Å². The first-order valence-corrected chi connectivity index (χ1v) is 9.84. The lowest BCUT2D eigenvalue weighted by atomic mass is 9.92. The summed E-state index contributed by atoms with van der Waals surface area (Å²) in [5.74, 6) is 1.45. The van der Waals surface area contributed by atoms with Crippen molar-refractivity contribution in [3.8, 4) is 11.5 Å². The molecule has 4 rings (SSSR count). The number of nitrogens with one attached hydrogen (secondary N) is 2. The molecule has 6 heteroatoms. The molecule has 1 atom stereocenters. The third kappa shape index (κ3) is 3.70. The Kier molecular flexibility index (Phi) is 5.11. The van der Waals surface area contributed by atoms with Gasteiger partial charge in [-0.1, -0.05) is 12.8 Å². The van der Waals surface area contributed by atoms with Crippen LogP contribution in [0.15, 0.2) is 28.9 Å². The SMILES string of the molecule is C[C@H](C(=O)NC1CCCC1)N1CCC(c2cc(-c3ccco3)n[nH]2)CC1. The predicted octanol–water partition coefficient (Wildman–Crippen LogP) is 3.30. The van der Waals surface area contributed by atoms with E-state index in [-0.39, 0.29) is 11.9 Å². The van der Waals surface area contributed by atoms with Crippen LogP contribution in [0, 0.1) is 0 Å². The van der Waals surface area contributed by atoms with Crippen LogP contribution in [0.4, 0.5) is 0 Å². The number of nitrogens with zero attached hydrogens (tertiary/aromatic N) is 2. The summed E-state index contributed by atoms with van der Waals surface area (Å²) in [6.45, 7) is 3.92. The Morgan fingerprint density at radius 1 is 1.31 bits per heavy atom. The Morgan fingerprint density at radius 3 is 2.77 bits per heavy atom. The lowest BCUT2D eigenvalue weighted by Crippen LogP contribution is -2.50. The molecule has 6 nitrogen and oxygen atoms in total. The van der Waals surface area contributed by atoms with Crippen LogP contribution in [0.3, 0.4) is 0 Å². The van der Waals surface area contributed by atoms with E-state index in [1.165, 1.54) is 18.5 Å². The highest BCUT2D eigenvalue weighted by atomic mass is 16.3. The molecule has 1 saturated heterocycles. The standard InChI is InChI=1S/C20H28N4O2/c1-14(20(25)21-16-5-2-3-6-16)24-10-8-15(9-11-24)17-13-18(23-22-17)19-7-4-12-26-19/h4,7,12-16H,2-3,5-6,8-11H2,1H3,(H,21,25)(H,22,23)/t14-/m1/s1. The summed E-state index contributed by atoms with van der Waals surface area (Å²) in [6.07, 6.45) is 8.52. The fourth-order valence-corrected chi connectivity index (χ4v) is 4.25. The largest absolute Gasteiger partial charge is 0.463 e. The van der Waals surface area contributed by atoms with Gasteiger partial charge in [0.2, 0.25) is 5.91 Å². The molecule has 0 radical (unpaired) electrons. The molecule has 2 aromatic heterocycles. The molecule has 0 unspecified atom stereocenters. The van der Waals surface area contributed by atoms with Crippen molar-refractivity contribution in [2.45, 2.75) is 63.5 Å². The van der Waals surface area contributed by atoms with Crippen LogP contribution in [0.5, 0.6) is 0 Å². The van der Waals surface area contributed by atoms with E-state index in [2.05, 4.69) is 26.5 Å². The van der Waals surface area contributed by atoms with Crippen molar-refractivity contribution in [2.75, 3.05) is 13.1 Å². The number of carbonyl (C=O) groups excluding carboxylic acids is 1. The number of hydrogen-bond acceptors (Lipinski definition) is 4. The second-order valence-electron chi connectivity index (χ2n) is 7.66. The zero-order valence-electron chi connectivity index (χ0n) is 15.4. The maximum atomic E-state index is 12.5. The summed E-state index contributed by atoms with van der Waals surface area (Å²) >= 11 is 0. The van der Waals surface area contributed by atoms with Crippen LogP contribution in [-0.2, 0) is 4.79 Å². The summed E-state index contributed by atoms with van der Waals surface area (Å²) < 4.78 is 5.41. The first-order chi connectivity index (χ1) is 12.7. The smallest absolute Gasteiger partial charge is 0.237 e. The average molecular weight is 356 g/mol. The molecule has 1 aliphatic heterocycles. The van der Waals surface area contributed by atoms with Crippen molar-refractivity contribution in [1.82, 2.24) is 20.4 Å². The van der Waals surface area contributed by atoms with E-state index in [0.29, 0.717) is 12.0 Å². The number of H-pyrrole nitrogens is 1. The molecule has 2 aromatic rings. The summed E-state index contributed by atoms with van der Waals surface area (Å²) in [6, 6.07) is 6.24. The zero-order valence-corrected chi connectivity index (χ0v) is 15.4. The minimum absolute atomic E-state index is 0.0444. The third-order valence-electron chi connectivity index (χ3n) is 5.97. The minimum Gasteiger partial charge on any atom is -0.463 e. The van der Waals surface area contributed by atoms with Gasteiger partial charge in [0.1, 0.15) is 5.69 Å². The highest BCUT2D eigenvalue weighted by molar-refractivity contribution is 5.81. The Morgan fingerprint density at radius 2 is 2.08 bits per heavy atom. The fourth-order valence-electron chi connectivity index (χ4n) is 4.25. The van der Waals surface area contributed by atoms with Gasteiger partial charge in [-0.3, -0.25) is 14.8 Å². The maximum absolute atomic E-state index is 12.5. The van der Waals surface area contributed by atoms with Crippen LogP contribution >= 0.6 is 0 Å². The van der Waals surface area contributed by atoms with Gasteiger partial charge in [0.15, 0.2) is 5.76 Å². The topological polar surface area (TPSA) is 74.2 Å². The van der Waals surface area contributed by atoms with Crippen LogP contribution in [0.2, 0.25) is 0 Å². The van der Waals surface area contributed by atoms with Crippen LogP contribution < -0.4 is 5.32 Å². The van der Waals surface area contributed by atoms with Gasteiger partial charge in [-0.05, 0) is 63.9 Å². The molecule has 2 aliphatic rings. The number of hydrogen-bond donors (Lipinski definition) is 2. The van der Waals surface area contributed by atoms with Crippen molar-refractivity contribution in [3.05, 3.63) is 30.2 Å². The zero-order chi connectivity index (χ0) is 17.9. The molecule has 0 bridgehead atoms. The number of piperidine rings is 1. The number of aromatic nitrogens is 2. The molecule has 1 amide bonds. The number of amides is 1. The van der Waals surface area contributed by atoms with Crippen LogP contribution in [0.25, 0.3) is 11.5 Å². The molecule has 26 heavy (non-hydrogen) atoms. The van der Waals surface area contributed by atoms with Gasteiger partial charge in [0, 0.05) is 17.7 Å². The lowest BCUT2D eigenvalue weighted by molar-refractivity contribution is -0.127. The minimum atomic E-state index is -0.0444. The van der Waals surface area contributed by atoms with Crippen molar-refractivity contribution >= 4 is 5.91 Å². The summed E-state index contributed by atoms with van der Waals surface area (Å²) in [7, 11) is 0. The van der Waals surface area contributed by atoms with Gasteiger partial charge in [-0.25, -0.2) is 0 Å². The number of furan rings is 1. The van der Waals surface area contributed by atoms with Crippen LogP contribution in [0.1, 0.15) is 57.1 Å². The monoisotopic (exact) mass is 356 g/mol. The fraction of sp³-hybridized carbons (Fsp3) is 0.600. The molecule has 1 saturated carbocycles. The normalized spacial score (nSPS) is 21.1. The highest BCUT2D eigenvalue weighted by Crippen LogP contribution is 2.30. The van der Waals surface area contributed by atoms with Crippen LogP contribution in [-0.4, -0.2) is 46.2 Å². The van der Waals surface area contributed by atoms with Gasteiger partial charge in [0.25, 0.3) is 0 Å². The molecule has 2 fully saturated rings. The van der Waals surface area contributed by atoms with E-state index in [1.54, 1.807) is 6.26 Å². The first kappa shape index (κ1) is 17.3. The predicted molar refractivity (Wildman–Crippen MR) is 99.7 cm³/mol. The second-order valence-corrected chi connectivity index (χ2v) is 7.66. The Balaban J connectivity index is 1.30. The van der Waals surface area contributed by atoms with E-state index in [9.17, 15) is 4.79 Å². The van der Waals surface area contributed by atoms with E-state index in [0.717, 1.165) is 50.2 Å². The van der Waals surface area contributed by atoms with E-state index in [4.69, 9.17) is 4.42 Å². The number of likely N-dealkylation sites (tertiary alicyclic amines) is 1. The van der Waals surface area contributed by atoms with Gasteiger partial charge in [-0.15, -0.1) is 0 Å². The number of carbonyl (C=O) groups is 1. The quantitative estimate of drug-likeness (QED) is 0.862. The Hall–Kier alpha value is -2.08. The maximum Gasteiger partial charge on any atom is 0.237 e. The third-order valence-corrected chi connectivity index (χ3v) is 5.97. The van der Waals surface area contributed by atoms with E-state index >= 15 is 0 Å². The molecule has 2 N–H and O–H groups in total. The van der Waals surface area contributed by atoms with Crippen molar-refractivity contribution < 1.29 is 9.21 Å². The van der Waals surface area contributed by atoms with E-state index < -0.39 is 0 Å². The van der Waals surface area contributed by atoms with Gasteiger partial charge in [0.05, 0.1) is 12.3 Å². The van der Waals surface area contributed by atoms with Gasteiger partial charge in [-0.2, -0.15) is 5.10 Å². The summed E-state index contributed by atoms with van der Waals surface area (Å²) in [5, 5.41) is 10.8. The van der Waals surface area contributed by atoms with Gasteiger partial charge < -0.3 is 9.73 Å². The molecule has 3 heterocycles. The second kappa shape index (κ2) is 7.66. The Bertz CT molecular complexity index is 710. The molecule has 0 spiro atoms. The van der Waals surface area contributed by atoms with Crippen molar-refractivity contribution in [2.24, 2.45) is 0 Å². The van der Waals surface area contributed by atoms with Crippen molar-refractivity contribution in [1.29, 1.82) is 0 Å². The average Bonchev–Trinajstić information content (AvgIpc) is 3.42. The van der Waals surface area contributed by atoms with Crippen molar-refractivity contribution in [3.63, 3.8) is 0 Å². The molecule has 140 valence electrons. The molecular weight excluding hydrogens is 328 g/mol. The molecule has 1 aliphatic carbocycles. The molecular formula is C20H28N4O2. The van der Waals surface area contributed by atoms with E-state index in [1.807, 2.05) is 19.1 Å². The summed E-state index contributed by atoms with van der Waals surface area (Å²) in [4.78, 5) is 14.8. The first-order valence-electron chi connectivity index (χ1n) is 9.84. The summed E-state index contributed by atoms with van der Waals surface area (Å²) in [5.41, 5.74) is 2.02.